The van der Waals surface area contributed by atoms with Crippen molar-refractivity contribution < 1.29 is 17.9 Å². The Balaban J connectivity index is 1.83. The molecule has 8 heteroatoms. The molecule has 1 N–H and O–H groups in total. The largest absolute Gasteiger partial charge is 0.497 e. The fourth-order valence-electron chi connectivity index (χ4n) is 2.29. The topological polar surface area (TPSA) is 79.0 Å². The van der Waals surface area contributed by atoms with Gasteiger partial charge in [-0.2, -0.15) is 4.31 Å². The number of carbonyl (C=O) groups is 1. The van der Waals surface area contributed by atoms with Gasteiger partial charge in [-0.1, -0.05) is 12.1 Å². The van der Waals surface area contributed by atoms with Gasteiger partial charge in [-0.3, -0.25) is 0 Å². The molecule has 1 aliphatic rings. The third kappa shape index (κ3) is 4.35. The highest BCUT2D eigenvalue weighted by Gasteiger charge is 2.25. The zero-order valence-corrected chi connectivity index (χ0v) is 13.6. The van der Waals surface area contributed by atoms with Gasteiger partial charge >= 0.3 is 6.03 Å². The maximum Gasteiger partial charge on any atom is 0.317 e. The van der Waals surface area contributed by atoms with Gasteiger partial charge in [-0.15, -0.1) is 0 Å². The van der Waals surface area contributed by atoms with Gasteiger partial charge in [-0.25, -0.2) is 13.2 Å². The first-order valence-corrected chi connectivity index (χ1v) is 8.86. The molecule has 122 valence electrons. The Labute approximate surface area is 130 Å². The molecule has 0 aromatic heterocycles. The van der Waals surface area contributed by atoms with Crippen LogP contribution in [0.2, 0.25) is 0 Å². The van der Waals surface area contributed by atoms with Crippen molar-refractivity contribution in [2.75, 3.05) is 39.5 Å². The summed E-state index contributed by atoms with van der Waals surface area (Å²) in [5, 5.41) is 2.84. The minimum Gasteiger partial charge on any atom is -0.497 e. The Morgan fingerprint density at radius 3 is 2.55 bits per heavy atom. The maximum absolute atomic E-state index is 12.1. The number of methoxy groups -OCH3 is 1. The van der Waals surface area contributed by atoms with Crippen molar-refractivity contribution in [2.24, 2.45) is 0 Å². The van der Waals surface area contributed by atoms with E-state index < -0.39 is 10.0 Å². The van der Waals surface area contributed by atoms with E-state index in [-0.39, 0.29) is 6.03 Å². The Bertz CT molecular complexity index is 625. The van der Waals surface area contributed by atoms with Crippen molar-refractivity contribution in [2.45, 2.75) is 6.54 Å². The standard InChI is InChI=1S/C14H21N3O4S/c1-21-13-5-3-4-12(10-13)11-15-14(18)16-6-8-17(9-7-16)22(2,19)20/h3-5,10H,6-9,11H2,1-2H3,(H,15,18). The number of hydrogen-bond donors (Lipinski definition) is 1. The Morgan fingerprint density at radius 2 is 1.95 bits per heavy atom. The van der Waals surface area contributed by atoms with Crippen LogP contribution in [-0.4, -0.2) is 63.2 Å². The molecule has 1 aliphatic heterocycles. The summed E-state index contributed by atoms with van der Waals surface area (Å²) in [7, 11) is -1.58. The first-order chi connectivity index (χ1) is 10.4. The summed E-state index contributed by atoms with van der Waals surface area (Å²) in [6, 6.07) is 7.30. The maximum atomic E-state index is 12.1. The molecule has 1 fully saturated rings. The first kappa shape index (κ1) is 16.6. The van der Waals surface area contributed by atoms with Gasteiger partial charge in [0.25, 0.3) is 0 Å². The molecule has 0 atom stereocenters. The van der Waals surface area contributed by atoms with Crippen molar-refractivity contribution in [3.8, 4) is 5.75 Å². The molecule has 1 saturated heterocycles. The molecule has 7 nitrogen and oxygen atoms in total. The molecule has 0 unspecified atom stereocenters. The third-order valence-electron chi connectivity index (χ3n) is 3.57. The molecule has 1 aromatic carbocycles. The zero-order valence-electron chi connectivity index (χ0n) is 12.8. The molecule has 1 aromatic rings. The van der Waals surface area contributed by atoms with E-state index in [9.17, 15) is 13.2 Å². The Morgan fingerprint density at radius 1 is 1.27 bits per heavy atom. The highest BCUT2D eigenvalue weighted by Crippen LogP contribution is 2.12. The molecule has 1 heterocycles. The SMILES string of the molecule is COc1cccc(CNC(=O)N2CCN(S(C)(=O)=O)CC2)c1. The smallest absolute Gasteiger partial charge is 0.317 e. The zero-order chi connectivity index (χ0) is 16.2. The molecular formula is C14H21N3O4S. The summed E-state index contributed by atoms with van der Waals surface area (Å²) in [5.41, 5.74) is 0.947. The molecule has 0 spiro atoms. The lowest BCUT2D eigenvalue weighted by atomic mass is 10.2. The van der Waals surface area contributed by atoms with Crippen LogP contribution in [0.1, 0.15) is 5.56 Å². The van der Waals surface area contributed by atoms with E-state index >= 15 is 0 Å². The minimum atomic E-state index is -3.18. The van der Waals surface area contributed by atoms with Gasteiger partial charge in [-0.05, 0) is 17.7 Å². The van der Waals surface area contributed by atoms with Crippen molar-refractivity contribution >= 4 is 16.1 Å². The number of nitrogens with zero attached hydrogens (tertiary/aromatic N) is 2. The van der Waals surface area contributed by atoms with Crippen LogP contribution >= 0.6 is 0 Å². The van der Waals surface area contributed by atoms with Crippen LogP contribution in [0.25, 0.3) is 0 Å². The van der Waals surface area contributed by atoms with Crippen LogP contribution < -0.4 is 10.1 Å². The second kappa shape index (κ2) is 6.97. The van der Waals surface area contributed by atoms with Gasteiger partial charge in [0.15, 0.2) is 0 Å². The van der Waals surface area contributed by atoms with E-state index in [1.807, 2.05) is 24.3 Å². The molecule has 0 saturated carbocycles. The number of benzene rings is 1. The number of carbonyl (C=O) groups excluding carboxylic acids is 1. The second-order valence-corrected chi connectivity index (χ2v) is 7.14. The summed E-state index contributed by atoms with van der Waals surface area (Å²) in [4.78, 5) is 13.7. The fraction of sp³-hybridized carbons (Fsp3) is 0.500. The van der Waals surface area contributed by atoms with Crippen molar-refractivity contribution in [3.63, 3.8) is 0 Å². The van der Waals surface area contributed by atoms with Gasteiger partial charge in [0.1, 0.15) is 5.75 Å². The number of nitrogens with one attached hydrogen (secondary N) is 1. The highest BCUT2D eigenvalue weighted by atomic mass is 32.2. The molecular weight excluding hydrogens is 306 g/mol. The number of urea groups is 1. The lowest BCUT2D eigenvalue weighted by molar-refractivity contribution is 0.172. The average Bonchev–Trinajstić information content (AvgIpc) is 2.52. The highest BCUT2D eigenvalue weighted by molar-refractivity contribution is 7.88. The predicted molar refractivity (Wildman–Crippen MR) is 83.2 cm³/mol. The van der Waals surface area contributed by atoms with Crippen LogP contribution in [0.3, 0.4) is 0 Å². The summed E-state index contributed by atoms with van der Waals surface area (Å²) < 4.78 is 29.4. The molecule has 2 amide bonds. The quantitative estimate of drug-likeness (QED) is 0.872. The van der Waals surface area contributed by atoms with Crippen LogP contribution in [0.4, 0.5) is 4.79 Å². The van der Waals surface area contributed by atoms with Gasteiger partial charge < -0.3 is 15.0 Å². The molecule has 0 radical (unpaired) electrons. The Kier molecular flexibility index (Phi) is 5.25. The summed E-state index contributed by atoms with van der Waals surface area (Å²) in [5.74, 6) is 0.744. The first-order valence-electron chi connectivity index (χ1n) is 7.01. The summed E-state index contributed by atoms with van der Waals surface area (Å²) in [6.07, 6.45) is 1.19. The van der Waals surface area contributed by atoms with E-state index in [0.29, 0.717) is 32.7 Å². The van der Waals surface area contributed by atoms with Crippen LogP contribution in [-0.2, 0) is 16.6 Å². The van der Waals surface area contributed by atoms with E-state index in [2.05, 4.69) is 5.32 Å². The van der Waals surface area contributed by atoms with Crippen LogP contribution in [0, 0.1) is 0 Å². The predicted octanol–water partition coefficient (Wildman–Crippen LogP) is 0.482. The molecule has 0 aliphatic carbocycles. The lowest BCUT2D eigenvalue weighted by Crippen LogP contribution is -2.52. The average molecular weight is 327 g/mol. The van der Waals surface area contributed by atoms with Gasteiger partial charge in [0, 0.05) is 32.7 Å². The molecule has 2 rings (SSSR count). The van der Waals surface area contributed by atoms with Crippen molar-refractivity contribution in [1.29, 1.82) is 0 Å². The number of hydrogen-bond acceptors (Lipinski definition) is 4. The van der Waals surface area contributed by atoms with E-state index in [1.165, 1.54) is 10.6 Å². The number of rotatable bonds is 4. The van der Waals surface area contributed by atoms with E-state index in [4.69, 9.17) is 4.74 Å². The second-order valence-electron chi connectivity index (χ2n) is 5.16. The number of piperazine rings is 1. The van der Waals surface area contributed by atoms with E-state index in [0.717, 1.165) is 11.3 Å². The molecule has 22 heavy (non-hydrogen) atoms. The lowest BCUT2D eigenvalue weighted by Gasteiger charge is -2.33. The van der Waals surface area contributed by atoms with E-state index in [1.54, 1.807) is 12.0 Å². The number of ether oxygens (including phenoxy) is 1. The Hall–Kier alpha value is -1.80. The molecule has 0 bridgehead atoms. The minimum absolute atomic E-state index is 0.184. The monoisotopic (exact) mass is 327 g/mol. The van der Waals surface area contributed by atoms with Crippen molar-refractivity contribution in [3.05, 3.63) is 29.8 Å². The third-order valence-corrected chi connectivity index (χ3v) is 4.88. The van der Waals surface area contributed by atoms with Crippen LogP contribution in [0.5, 0.6) is 5.75 Å². The number of sulfonamides is 1. The van der Waals surface area contributed by atoms with Crippen molar-refractivity contribution in [1.82, 2.24) is 14.5 Å². The number of amides is 2. The summed E-state index contributed by atoms with van der Waals surface area (Å²) >= 11 is 0. The van der Waals surface area contributed by atoms with Gasteiger partial charge in [0.05, 0.1) is 13.4 Å². The normalized spacial score (nSPS) is 16.4. The van der Waals surface area contributed by atoms with Gasteiger partial charge in [0.2, 0.25) is 10.0 Å². The fourth-order valence-corrected chi connectivity index (χ4v) is 3.12. The van der Waals surface area contributed by atoms with Crippen LogP contribution in [0.15, 0.2) is 24.3 Å². The summed E-state index contributed by atoms with van der Waals surface area (Å²) in [6.45, 7) is 1.88.